The number of nitrogens with zero attached hydrogens (tertiary/aromatic N) is 1. The van der Waals surface area contributed by atoms with Gasteiger partial charge < -0.3 is 15.4 Å². The van der Waals surface area contributed by atoms with Gasteiger partial charge >= 0.3 is 5.97 Å². The fraction of sp³-hybridized carbons (Fsp3) is 0.533. The van der Waals surface area contributed by atoms with Gasteiger partial charge in [-0.3, -0.25) is 0 Å². The Morgan fingerprint density at radius 1 is 1.11 bits per heavy atom. The van der Waals surface area contributed by atoms with Crippen molar-refractivity contribution in [3.05, 3.63) is 29.8 Å². The summed E-state index contributed by atoms with van der Waals surface area (Å²) in [4.78, 5) is 13.8. The molecule has 19 heavy (non-hydrogen) atoms. The van der Waals surface area contributed by atoms with Crippen LogP contribution < -0.4 is 10.6 Å². The summed E-state index contributed by atoms with van der Waals surface area (Å²) >= 11 is 0. The van der Waals surface area contributed by atoms with E-state index in [-0.39, 0.29) is 5.97 Å². The van der Waals surface area contributed by atoms with Crippen LogP contribution in [0.5, 0.6) is 0 Å². The van der Waals surface area contributed by atoms with Gasteiger partial charge in [0.15, 0.2) is 0 Å². The van der Waals surface area contributed by atoms with Crippen molar-refractivity contribution in [3.63, 3.8) is 0 Å². The Morgan fingerprint density at radius 2 is 1.74 bits per heavy atom. The number of nitrogens with two attached hydrogens (primary N) is 1. The first kappa shape index (κ1) is 15.5. The van der Waals surface area contributed by atoms with Crippen molar-refractivity contribution in [1.29, 1.82) is 0 Å². The normalized spacial score (nSPS) is 10.3. The number of hydrogen-bond acceptors (Lipinski definition) is 4. The predicted molar refractivity (Wildman–Crippen MR) is 78.6 cm³/mol. The first-order chi connectivity index (χ1) is 9.15. The van der Waals surface area contributed by atoms with Gasteiger partial charge in [0.25, 0.3) is 0 Å². The molecule has 2 N–H and O–H groups in total. The summed E-state index contributed by atoms with van der Waals surface area (Å²) in [6.07, 6.45) is 4.11. The fourth-order valence-corrected chi connectivity index (χ4v) is 1.74. The number of ether oxygens (including phenoxy) is 1. The van der Waals surface area contributed by atoms with Crippen molar-refractivity contribution in [2.24, 2.45) is 5.73 Å². The molecule has 4 nitrogen and oxygen atoms in total. The molecule has 0 atom stereocenters. The molecule has 0 saturated heterocycles. The second kappa shape index (κ2) is 8.53. The summed E-state index contributed by atoms with van der Waals surface area (Å²) in [7, 11) is 3.93. The molecular formula is C15H24N2O2. The molecule has 0 fully saturated rings. The minimum absolute atomic E-state index is 0.246. The van der Waals surface area contributed by atoms with E-state index in [0.29, 0.717) is 12.2 Å². The summed E-state index contributed by atoms with van der Waals surface area (Å²) in [5.41, 5.74) is 7.08. The molecule has 1 rings (SSSR count). The van der Waals surface area contributed by atoms with Crippen LogP contribution in [0.3, 0.4) is 0 Å². The third kappa shape index (κ3) is 5.75. The molecule has 1 aromatic carbocycles. The van der Waals surface area contributed by atoms with Crippen molar-refractivity contribution in [2.45, 2.75) is 25.7 Å². The first-order valence-electron chi connectivity index (χ1n) is 6.79. The zero-order chi connectivity index (χ0) is 14.1. The number of anilines is 1. The number of carbonyl (C=O) groups excluding carboxylic acids is 1. The minimum atomic E-state index is -0.246. The summed E-state index contributed by atoms with van der Waals surface area (Å²) < 4.78 is 5.22. The molecule has 0 saturated carbocycles. The number of carbonyl (C=O) groups is 1. The Hall–Kier alpha value is -1.55. The average molecular weight is 264 g/mol. The second-order valence-corrected chi connectivity index (χ2v) is 4.78. The Kier molecular flexibility index (Phi) is 6.97. The zero-order valence-corrected chi connectivity index (χ0v) is 11.9. The summed E-state index contributed by atoms with van der Waals surface area (Å²) in [6.45, 7) is 1.22. The van der Waals surface area contributed by atoms with E-state index in [9.17, 15) is 4.79 Å². The Labute approximate surface area is 115 Å². The summed E-state index contributed by atoms with van der Waals surface area (Å²) in [5, 5.41) is 0. The van der Waals surface area contributed by atoms with Gasteiger partial charge in [0.05, 0.1) is 12.2 Å². The second-order valence-electron chi connectivity index (χ2n) is 4.78. The zero-order valence-electron chi connectivity index (χ0n) is 11.9. The van der Waals surface area contributed by atoms with Crippen LogP contribution in [0.2, 0.25) is 0 Å². The number of rotatable bonds is 8. The highest BCUT2D eigenvalue weighted by Gasteiger charge is 2.06. The van der Waals surface area contributed by atoms with E-state index < -0.39 is 0 Å². The largest absolute Gasteiger partial charge is 0.462 e. The summed E-state index contributed by atoms with van der Waals surface area (Å²) in [5.74, 6) is -0.246. The van der Waals surface area contributed by atoms with Crippen LogP contribution in [0.4, 0.5) is 5.69 Å². The lowest BCUT2D eigenvalue weighted by Gasteiger charge is -2.12. The molecule has 0 aliphatic heterocycles. The van der Waals surface area contributed by atoms with Gasteiger partial charge in [-0.25, -0.2) is 4.79 Å². The van der Waals surface area contributed by atoms with Crippen molar-refractivity contribution < 1.29 is 9.53 Å². The quantitative estimate of drug-likeness (QED) is 0.579. The molecular weight excluding hydrogens is 240 g/mol. The molecule has 0 amide bonds. The van der Waals surface area contributed by atoms with Crippen LogP contribution in [0.15, 0.2) is 24.3 Å². The van der Waals surface area contributed by atoms with Gasteiger partial charge in [0.1, 0.15) is 0 Å². The predicted octanol–water partition coefficient (Wildman–Crippen LogP) is 2.43. The highest BCUT2D eigenvalue weighted by atomic mass is 16.5. The highest BCUT2D eigenvalue weighted by molar-refractivity contribution is 5.89. The van der Waals surface area contributed by atoms with Crippen LogP contribution in [0.1, 0.15) is 36.0 Å². The maximum Gasteiger partial charge on any atom is 0.338 e. The minimum Gasteiger partial charge on any atom is -0.462 e. The van der Waals surface area contributed by atoms with Gasteiger partial charge in [-0.05, 0) is 43.7 Å². The Bertz CT molecular complexity index is 374. The first-order valence-corrected chi connectivity index (χ1v) is 6.79. The number of hydrogen-bond donors (Lipinski definition) is 1. The lowest BCUT2D eigenvalue weighted by molar-refractivity contribution is 0.0498. The molecule has 0 radical (unpaired) electrons. The molecule has 0 bridgehead atoms. The molecule has 0 aromatic heterocycles. The van der Waals surface area contributed by atoms with Gasteiger partial charge in [0, 0.05) is 19.8 Å². The molecule has 0 aliphatic carbocycles. The van der Waals surface area contributed by atoms with E-state index >= 15 is 0 Å². The molecule has 0 unspecified atom stereocenters. The third-order valence-corrected chi connectivity index (χ3v) is 2.95. The maximum atomic E-state index is 11.8. The van der Waals surface area contributed by atoms with Crippen LogP contribution in [0.25, 0.3) is 0 Å². The molecule has 0 heterocycles. The maximum absolute atomic E-state index is 11.8. The van der Waals surface area contributed by atoms with E-state index in [4.69, 9.17) is 10.5 Å². The van der Waals surface area contributed by atoms with E-state index in [1.807, 2.05) is 31.1 Å². The smallest absolute Gasteiger partial charge is 0.338 e. The monoisotopic (exact) mass is 264 g/mol. The number of unbranched alkanes of at least 4 members (excludes halogenated alkanes) is 3. The van der Waals surface area contributed by atoms with E-state index in [1.54, 1.807) is 12.1 Å². The van der Waals surface area contributed by atoms with Gasteiger partial charge in [-0.1, -0.05) is 12.8 Å². The molecule has 106 valence electrons. The average Bonchev–Trinajstić information content (AvgIpc) is 2.42. The SMILES string of the molecule is CN(C)c1ccc(C(=O)OCCCCCCN)cc1. The third-order valence-electron chi connectivity index (χ3n) is 2.95. The lowest BCUT2D eigenvalue weighted by atomic mass is 10.2. The lowest BCUT2D eigenvalue weighted by Crippen LogP contribution is -2.10. The van der Waals surface area contributed by atoms with E-state index in [2.05, 4.69) is 0 Å². The fourth-order valence-electron chi connectivity index (χ4n) is 1.74. The van der Waals surface area contributed by atoms with E-state index in [1.165, 1.54) is 0 Å². The molecule has 1 aromatic rings. The number of benzene rings is 1. The standard InChI is InChI=1S/C15H24N2O2/c1-17(2)14-9-7-13(8-10-14)15(18)19-12-6-4-3-5-11-16/h7-10H,3-6,11-12,16H2,1-2H3. The van der Waals surface area contributed by atoms with Gasteiger partial charge in [-0.15, -0.1) is 0 Å². The Morgan fingerprint density at radius 3 is 2.32 bits per heavy atom. The van der Waals surface area contributed by atoms with Crippen LogP contribution in [0, 0.1) is 0 Å². The van der Waals surface area contributed by atoms with Gasteiger partial charge in [0.2, 0.25) is 0 Å². The van der Waals surface area contributed by atoms with Crippen molar-refractivity contribution in [1.82, 2.24) is 0 Å². The Balaban J connectivity index is 2.29. The van der Waals surface area contributed by atoms with Crippen LogP contribution in [-0.2, 0) is 4.74 Å². The van der Waals surface area contributed by atoms with Crippen molar-refractivity contribution in [3.8, 4) is 0 Å². The molecule has 0 spiro atoms. The highest BCUT2D eigenvalue weighted by Crippen LogP contribution is 2.13. The van der Waals surface area contributed by atoms with Gasteiger partial charge in [-0.2, -0.15) is 0 Å². The number of esters is 1. The van der Waals surface area contributed by atoms with Crippen LogP contribution >= 0.6 is 0 Å². The summed E-state index contributed by atoms with van der Waals surface area (Å²) in [6, 6.07) is 7.42. The van der Waals surface area contributed by atoms with Crippen molar-refractivity contribution in [2.75, 3.05) is 32.1 Å². The molecule has 4 heteroatoms. The van der Waals surface area contributed by atoms with Crippen molar-refractivity contribution >= 4 is 11.7 Å². The molecule has 0 aliphatic rings. The van der Waals surface area contributed by atoms with E-state index in [0.717, 1.165) is 37.9 Å². The topological polar surface area (TPSA) is 55.6 Å². The van der Waals surface area contributed by atoms with Crippen LogP contribution in [-0.4, -0.2) is 33.2 Å².